The highest BCUT2D eigenvalue weighted by Crippen LogP contribution is 2.24. The number of amides is 2. The number of nitrogens with zero attached hydrogens (tertiary/aromatic N) is 3. The van der Waals surface area contributed by atoms with E-state index < -0.39 is 0 Å². The first-order chi connectivity index (χ1) is 12.7. The van der Waals surface area contributed by atoms with E-state index in [4.69, 9.17) is 4.74 Å². The van der Waals surface area contributed by atoms with Crippen molar-refractivity contribution in [1.82, 2.24) is 19.9 Å². The predicted molar refractivity (Wildman–Crippen MR) is 95.4 cm³/mol. The fourth-order valence-electron chi connectivity index (χ4n) is 3.06. The number of aromatic nitrogens is 3. The lowest BCUT2D eigenvalue weighted by molar-refractivity contribution is 0.0950. The van der Waals surface area contributed by atoms with Crippen molar-refractivity contribution in [3.63, 3.8) is 0 Å². The Morgan fingerprint density at radius 2 is 2.15 bits per heavy atom. The number of carbonyl (C=O) groups is 2. The molecule has 3 heterocycles. The van der Waals surface area contributed by atoms with Gasteiger partial charge in [0.25, 0.3) is 11.8 Å². The molecule has 0 unspecified atom stereocenters. The molecular formula is C18H17N5O3. The molecule has 4 rings (SSSR count). The van der Waals surface area contributed by atoms with Crippen molar-refractivity contribution < 1.29 is 14.3 Å². The first kappa shape index (κ1) is 16.1. The molecule has 1 aliphatic rings. The summed E-state index contributed by atoms with van der Waals surface area (Å²) in [6.45, 7) is 1.38. The molecule has 2 N–H and O–H groups in total. The lowest BCUT2D eigenvalue weighted by atomic mass is 10.1. The van der Waals surface area contributed by atoms with Crippen LogP contribution in [-0.2, 0) is 6.54 Å². The number of anilines is 1. The monoisotopic (exact) mass is 351 g/mol. The van der Waals surface area contributed by atoms with Gasteiger partial charge in [-0.15, -0.1) is 0 Å². The summed E-state index contributed by atoms with van der Waals surface area (Å²) >= 11 is 0. The molecule has 1 aromatic carbocycles. The van der Waals surface area contributed by atoms with Gasteiger partial charge in [-0.25, -0.2) is 9.97 Å². The van der Waals surface area contributed by atoms with Crippen LogP contribution >= 0.6 is 0 Å². The molecule has 132 valence electrons. The highest BCUT2D eigenvalue weighted by Gasteiger charge is 2.19. The molecule has 0 saturated heterocycles. The van der Waals surface area contributed by atoms with E-state index >= 15 is 0 Å². The van der Waals surface area contributed by atoms with Gasteiger partial charge in [0.15, 0.2) is 0 Å². The Hall–Kier alpha value is -3.42. The van der Waals surface area contributed by atoms with E-state index in [2.05, 4.69) is 20.6 Å². The number of methoxy groups -OCH3 is 1. The Labute approximate surface area is 149 Å². The second-order valence-electron chi connectivity index (χ2n) is 5.96. The second-order valence-corrected chi connectivity index (χ2v) is 5.96. The maximum Gasteiger partial charge on any atom is 0.267 e. The van der Waals surface area contributed by atoms with E-state index in [1.54, 1.807) is 18.2 Å². The van der Waals surface area contributed by atoms with Crippen molar-refractivity contribution >= 4 is 28.5 Å². The maximum atomic E-state index is 12.6. The quantitative estimate of drug-likeness (QED) is 0.750. The first-order valence-electron chi connectivity index (χ1n) is 8.24. The Morgan fingerprint density at radius 1 is 1.27 bits per heavy atom. The van der Waals surface area contributed by atoms with Crippen LogP contribution in [0.1, 0.15) is 27.3 Å². The molecular weight excluding hydrogens is 334 g/mol. The average molecular weight is 351 g/mol. The fraction of sp³-hybridized carbons (Fsp3) is 0.222. The number of ether oxygens (including phenoxy) is 1. The van der Waals surface area contributed by atoms with Crippen molar-refractivity contribution in [2.45, 2.75) is 13.0 Å². The Bertz CT molecular complexity index is 1010. The largest absolute Gasteiger partial charge is 0.481 e. The third kappa shape index (κ3) is 2.85. The van der Waals surface area contributed by atoms with E-state index in [0.717, 1.165) is 23.9 Å². The summed E-state index contributed by atoms with van der Waals surface area (Å²) in [4.78, 5) is 32.7. The van der Waals surface area contributed by atoms with Gasteiger partial charge < -0.3 is 19.9 Å². The molecule has 8 heteroatoms. The summed E-state index contributed by atoms with van der Waals surface area (Å²) in [6, 6.07) is 8.77. The van der Waals surface area contributed by atoms with Gasteiger partial charge in [0.2, 0.25) is 5.88 Å². The molecule has 0 aliphatic carbocycles. The summed E-state index contributed by atoms with van der Waals surface area (Å²) in [5, 5.41) is 6.54. The number of aryl methyl sites for hydroxylation is 1. The number of hydrogen-bond donors (Lipinski definition) is 2. The van der Waals surface area contributed by atoms with Gasteiger partial charge in [-0.2, -0.15) is 0 Å². The van der Waals surface area contributed by atoms with E-state index in [1.165, 1.54) is 13.4 Å². The van der Waals surface area contributed by atoms with Crippen LogP contribution in [0.5, 0.6) is 5.88 Å². The number of rotatable bonds is 3. The molecule has 0 spiro atoms. The van der Waals surface area contributed by atoms with Gasteiger partial charge in [0.05, 0.1) is 7.11 Å². The van der Waals surface area contributed by atoms with Crippen molar-refractivity contribution in [3.05, 3.63) is 47.9 Å². The molecule has 2 amide bonds. The van der Waals surface area contributed by atoms with Crippen LogP contribution in [-0.4, -0.2) is 40.0 Å². The number of carbonyl (C=O) groups excluding carboxylic acids is 2. The summed E-state index contributed by atoms with van der Waals surface area (Å²) in [5.41, 5.74) is 1.97. The number of hydrogen-bond acceptors (Lipinski definition) is 5. The zero-order chi connectivity index (χ0) is 18.1. The van der Waals surface area contributed by atoms with E-state index in [1.807, 2.05) is 16.7 Å². The van der Waals surface area contributed by atoms with Crippen LogP contribution in [0.3, 0.4) is 0 Å². The Morgan fingerprint density at radius 3 is 3.00 bits per heavy atom. The third-order valence-electron chi connectivity index (χ3n) is 4.34. The summed E-state index contributed by atoms with van der Waals surface area (Å²) in [5.74, 6) is 0.350. The minimum atomic E-state index is -0.290. The number of nitrogens with one attached hydrogen (secondary N) is 2. The number of benzene rings is 1. The topological polar surface area (TPSA) is 98.1 Å². The van der Waals surface area contributed by atoms with Crippen molar-refractivity contribution in [3.8, 4) is 5.88 Å². The van der Waals surface area contributed by atoms with Crippen molar-refractivity contribution in [2.24, 2.45) is 0 Å². The molecule has 1 aliphatic heterocycles. The zero-order valence-electron chi connectivity index (χ0n) is 14.2. The molecule has 0 fully saturated rings. The average Bonchev–Trinajstić information content (AvgIpc) is 2.93. The molecule has 0 bridgehead atoms. The maximum absolute atomic E-state index is 12.6. The van der Waals surface area contributed by atoms with Crippen LogP contribution in [0.4, 0.5) is 5.82 Å². The molecule has 8 nitrogen and oxygen atoms in total. The lowest BCUT2D eigenvalue weighted by Crippen LogP contribution is -2.22. The Balaban J connectivity index is 1.67. The summed E-state index contributed by atoms with van der Waals surface area (Å²) < 4.78 is 6.99. The van der Waals surface area contributed by atoms with Crippen LogP contribution < -0.4 is 15.4 Å². The van der Waals surface area contributed by atoms with Gasteiger partial charge in [0, 0.05) is 35.6 Å². The van der Waals surface area contributed by atoms with Gasteiger partial charge in [-0.05, 0) is 24.6 Å². The van der Waals surface area contributed by atoms with Crippen LogP contribution in [0.25, 0.3) is 10.9 Å². The standard InChI is InChI=1S/C18H17N5O3/c1-26-16-9-15(20-10-21-16)22-17(24)12-4-3-11-7-14-18(25)19-5-2-6-23(14)13(11)8-12/h3-4,7-10H,2,5-6H2,1H3,(H,19,25)(H,20,21,22,24). The highest BCUT2D eigenvalue weighted by molar-refractivity contribution is 6.07. The normalized spacial score (nSPS) is 13.7. The van der Waals surface area contributed by atoms with Crippen molar-refractivity contribution in [2.75, 3.05) is 19.0 Å². The molecule has 2 aromatic heterocycles. The predicted octanol–water partition coefficient (Wildman–Crippen LogP) is 1.83. The van der Waals surface area contributed by atoms with Crippen LogP contribution in [0.2, 0.25) is 0 Å². The van der Waals surface area contributed by atoms with Crippen molar-refractivity contribution in [1.29, 1.82) is 0 Å². The van der Waals surface area contributed by atoms with Gasteiger partial charge >= 0.3 is 0 Å². The Kier molecular flexibility index (Phi) is 4.00. The van der Waals surface area contributed by atoms with Crippen LogP contribution in [0, 0.1) is 0 Å². The SMILES string of the molecule is COc1cc(NC(=O)c2ccc3cc4n(c3c2)CCCNC4=O)ncn1. The highest BCUT2D eigenvalue weighted by atomic mass is 16.5. The minimum Gasteiger partial charge on any atom is -0.481 e. The summed E-state index contributed by atoms with van der Waals surface area (Å²) in [6.07, 6.45) is 2.17. The first-order valence-corrected chi connectivity index (χ1v) is 8.24. The lowest BCUT2D eigenvalue weighted by Gasteiger charge is -2.08. The van der Waals surface area contributed by atoms with Gasteiger partial charge in [0.1, 0.15) is 17.8 Å². The molecule has 3 aromatic rings. The smallest absolute Gasteiger partial charge is 0.267 e. The molecule has 0 saturated carbocycles. The summed E-state index contributed by atoms with van der Waals surface area (Å²) in [7, 11) is 1.50. The van der Waals surface area contributed by atoms with Gasteiger partial charge in [-0.1, -0.05) is 6.07 Å². The zero-order valence-corrected chi connectivity index (χ0v) is 14.2. The molecule has 0 radical (unpaired) electrons. The molecule has 0 atom stereocenters. The number of fused-ring (bicyclic) bond motifs is 3. The van der Waals surface area contributed by atoms with E-state index in [0.29, 0.717) is 29.5 Å². The van der Waals surface area contributed by atoms with E-state index in [-0.39, 0.29) is 11.8 Å². The fourth-order valence-corrected chi connectivity index (χ4v) is 3.06. The minimum absolute atomic E-state index is 0.0854. The van der Waals surface area contributed by atoms with Gasteiger partial charge in [-0.3, -0.25) is 9.59 Å². The second kappa shape index (κ2) is 6.47. The third-order valence-corrected chi connectivity index (χ3v) is 4.34. The molecule has 26 heavy (non-hydrogen) atoms. The van der Waals surface area contributed by atoms with Crippen LogP contribution in [0.15, 0.2) is 36.7 Å². The van der Waals surface area contributed by atoms with E-state index in [9.17, 15) is 9.59 Å².